The second kappa shape index (κ2) is 3.66. The number of aryl methyl sites for hydroxylation is 1. The first-order valence-electron chi connectivity index (χ1n) is 4.64. The van der Waals surface area contributed by atoms with Crippen molar-refractivity contribution >= 4 is 0 Å². The SMILES string of the molecule is CCc1ccc(-c2ccc(F)cc2)o1. The van der Waals surface area contributed by atoms with Gasteiger partial charge in [-0.25, -0.2) is 4.39 Å². The summed E-state index contributed by atoms with van der Waals surface area (Å²) >= 11 is 0. The first-order valence-corrected chi connectivity index (χ1v) is 4.64. The molecule has 0 N–H and O–H groups in total. The zero-order chi connectivity index (χ0) is 9.97. The Morgan fingerprint density at radius 2 is 1.79 bits per heavy atom. The highest BCUT2D eigenvalue weighted by Gasteiger charge is 2.02. The summed E-state index contributed by atoms with van der Waals surface area (Å²) in [4.78, 5) is 0. The van der Waals surface area contributed by atoms with Crippen LogP contribution in [0.25, 0.3) is 11.3 Å². The third-order valence-electron chi connectivity index (χ3n) is 2.14. The zero-order valence-corrected chi connectivity index (χ0v) is 7.96. The van der Waals surface area contributed by atoms with Crippen LogP contribution in [0.5, 0.6) is 0 Å². The third kappa shape index (κ3) is 1.69. The topological polar surface area (TPSA) is 13.1 Å². The summed E-state index contributed by atoms with van der Waals surface area (Å²) in [5.41, 5.74) is 0.908. The molecule has 0 spiro atoms. The van der Waals surface area contributed by atoms with Crippen LogP contribution in [0.3, 0.4) is 0 Å². The average Bonchev–Trinajstić information content (AvgIpc) is 2.67. The Balaban J connectivity index is 2.34. The van der Waals surface area contributed by atoms with Gasteiger partial charge in [-0.3, -0.25) is 0 Å². The maximum atomic E-state index is 12.6. The third-order valence-corrected chi connectivity index (χ3v) is 2.14. The Hall–Kier alpha value is -1.57. The molecule has 0 unspecified atom stereocenters. The highest BCUT2D eigenvalue weighted by atomic mass is 19.1. The molecule has 2 rings (SSSR count). The van der Waals surface area contributed by atoms with Crippen molar-refractivity contribution in [1.82, 2.24) is 0 Å². The molecule has 0 saturated heterocycles. The van der Waals surface area contributed by atoms with E-state index in [2.05, 4.69) is 0 Å². The first kappa shape index (κ1) is 9.00. The largest absolute Gasteiger partial charge is 0.461 e. The van der Waals surface area contributed by atoms with Crippen molar-refractivity contribution in [2.24, 2.45) is 0 Å². The van der Waals surface area contributed by atoms with E-state index >= 15 is 0 Å². The lowest BCUT2D eigenvalue weighted by Crippen LogP contribution is -1.75. The van der Waals surface area contributed by atoms with Gasteiger partial charge in [-0.05, 0) is 36.4 Å². The van der Waals surface area contributed by atoms with E-state index < -0.39 is 0 Å². The molecule has 0 aliphatic carbocycles. The monoisotopic (exact) mass is 190 g/mol. The fourth-order valence-corrected chi connectivity index (χ4v) is 1.34. The van der Waals surface area contributed by atoms with Crippen LogP contribution in [-0.4, -0.2) is 0 Å². The number of benzene rings is 1. The van der Waals surface area contributed by atoms with E-state index in [4.69, 9.17) is 4.42 Å². The molecule has 0 fully saturated rings. The smallest absolute Gasteiger partial charge is 0.134 e. The van der Waals surface area contributed by atoms with Crippen LogP contribution in [0.2, 0.25) is 0 Å². The fourth-order valence-electron chi connectivity index (χ4n) is 1.34. The highest BCUT2D eigenvalue weighted by Crippen LogP contribution is 2.22. The molecule has 0 atom stereocenters. The van der Waals surface area contributed by atoms with E-state index in [-0.39, 0.29) is 5.82 Å². The fraction of sp³-hybridized carbons (Fsp3) is 0.167. The van der Waals surface area contributed by atoms with Crippen molar-refractivity contribution in [2.75, 3.05) is 0 Å². The molecule has 0 aliphatic heterocycles. The van der Waals surface area contributed by atoms with E-state index in [1.54, 1.807) is 12.1 Å². The maximum absolute atomic E-state index is 12.6. The van der Waals surface area contributed by atoms with Crippen LogP contribution < -0.4 is 0 Å². The van der Waals surface area contributed by atoms with E-state index in [9.17, 15) is 4.39 Å². The first-order chi connectivity index (χ1) is 6.79. The summed E-state index contributed by atoms with van der Waals surface area (Å²) in [7, 11) is 0. The molecule has 2 aromatic rings. The van der Waals surface area contributed by atoms with Gasteiger partial charge in [0.25, 0.3) is 0 Å². The predicted octanol–water partition coefficient (Wildman–Crippen LogP) is 3.65. The molecule has 0 amide bonds. The number of hydrogen-bond acceptors (Lipinski definition) is 1. The van der Waals surface area contributed by atoms with Crippen LogP contribution in [-0.2, 0) is 6.42 Å². The lowest BCUT2D eigenvalue weighted by molar-refractivity contribution is 0.529. The van der Waals surface area contributed by atoms with Gasteiger partial charge in [-0.1, -0.05) is 6.92 Å². The molecule has 72 valence electrons. The van der Waals surface area contributed by atoms with Gasteiger partial charge in [-0.2, -0.15) is 0 Å². The standard InChI is InChI=1S/C12H11FO/c1-2-11-7-8-12(14-11)9-3-5-10(13)6-4-9/h3-8H,2H2,1H3. The Morgan fingerprint density at radius 3 is 2.36 bits per heavy atom. The lowest BCUT2D eigenvalue weighted by atomic mass is 10.2. The van der Waals surface area contributed by atoms with Gasteiger partial charge < -0.3 is 4.42 Å². The molecule has 0 saturated carbocycles. The summed E-state index contributed by atoms with van der Waals surface area (Å²) in [6, 6.07) is 10.2. The second-order valence-corrected chi connectivity index (χ2v) is 3.13. The van der Waals surface area contributed by atoms with Crippen LogP contribution >= 0.6 is 0 Å². The van der Waals surface area contributed by atoms with Gasteiger partial charge in [0, 0.05) is 12.0 Å². The van der Waals surface area contributed by atoms with Crippen LogP contribution in [0.4, 0.5) is 4.39 Å². The molecule has 1 nitrogen and oxygen atoms in total. The summed E-state index contributed by atoms with van der Waals surface area (Å²) in [6.07, 6.45) is 0.876. The van der Waals surface area contributed by atoms with Crippen molar-refractivity contribution < 1.29 is 8.81 Å². The van der Waals surface area contributed by atoms with Crippen molar-refractivity contribution in [3.63, 3.8) is 0 Å². The Bertz CT molecular complexity index is 414. The number of hydrogen-bond donors (Lipinski definition) is 0. The minimum atomic E-state index is -0.226. The quantitative estimate of drug-likeness (QED) is 0.704. The maximum Gasteiger partial charge on any atom is 0.134 e. The lowest BCUT2D eigenvalue weighted by Gasteiger charge is -1.96. The number of furan rings is 1. The van der Waals surface area contributed by atoms with Crippen molar-refractivity contribution in [3.05, 3.63) is 48.0 Å². The molecule has 0 radical (unpaired) electrons. The molecule has 1 aromatic heterocycles. The second-order valence-electron chi connectivity index (χ2n) is 3.13. The summed E-state index contributed by atoms with van der Waals surface area (Å²) in [5.74, 6) is 1.52. The van der Waals surface area contributed by atoms with Crippen molar-refractivity contribution in [1.29, 1.82) is 0 Å². The average molecular weight is 190 g/mol. The molecule has 2 heteroatoms. The Labute approximate surface area is 82.2 Å². The van der Waals surface area contributed by atoms with Gasteiger partial charge in [0.1, 0.15) is 17.3 Å². The molecule has 0 aliphatic rings. The zero-order valence-electron chi connectivity index (χ0n) is 7.96. The van der Waals surface area contributed by atoms with Gasteiger partial charge in [0.05, 0.1) is 0 Å². The Kier molecular flexibility index (Phi) is 2.35. The van der Waals surface area contributed by atoms with Crippen LogP contribution in [0.15, 0.2) is 40.8 Å². The van der Waals surface area contributed by atoms with Crippen LogP contribution in [0, 0.1) is 5.82 Å². The summed E-state index contributed by atoms with van der Waals surface area (Å²) in [5, 5.41) is 0. The molecule has 14 heavy (non-hydrogen) atoms. The summed E-state index contributed by atoms with van der Waals surface area (Å²) < 4.78 is 18.2. The van der Waals surface area contributed by atoms with Gasteiger partial charge in [0.15, 0.2) is 0 Å². The molecule has 1 aromatic carbocycles. The van der Waals surface area contributed by atoms with Gasteiger partial charge in [0.2, 0.25) is 0 Å². The minimum Gasteiger partial charge on any atom is -0.461 e. The van der Waals surface area contributed by atoms with E-state index in [0.29, 0.717) is 0 Å². The molecule has 0 bridgehead atoms. The van der Waals surface area contributed by atoms with Gasteiger partial charge >= 0.3 is 0 Å². The summed E-state index contributed by atoms with van der Waals surface area (Å²) in [6.45, 7) is 2.03. The van der Waals surface area contributed by atoms with E-state index in [1.165, 1.54) is 12.1 Å². The van der Waals surface area contributed by atoms with Gasteiger partial charge in [-0.15, -0.1) is 0 Å². The molecule has 1 heterocycles. The number of halogens is 1. The Morgan fingerprint density at radius 1 is 1.07 bits per heavy atom. The highest BCUT2D eigenvalue weighted by molar-refractivity contribution is 5.57. The normalized spacial score (nSPS) is 10.4. The number of rotatable bonds is 2. The van der Waals surface area contributed by atoms with E-state index in [1.807, 2.05) is 19.1 Å². The predicted molar refractivity (Wildman–Crippen MR) is 53.5 cm³/mol. The molecular weight excluding hydrogens is 179 g/mol. The van der Waals surface area contributed by atoms with Crippen LogP contribution in [0.1, 0.15) is 12.7 Å². The molecular formula is C12H11FO. The van der Waals surface area contributed by atoms with E-state index in [0.717, 1.165) is 23.5 Å². The van der Waals surface area contributed by atoms with Crippen molar-refractivity contribution in [3.8, 4) is 11.3 Å². The minimum absolute atomic E-state index is 0.226. The van der Waals surface area contributed by atoms with Crippen molar-refractivity contribution in [2.45, 2.75) is 13.3 Å².